The van der Waals surface area contributed by atoms with Crippen molar-refractivity contribution in [3.05, 3.63) is 29.3 Å². The summed E-state index contributed by atoms with van der Waals surface area (Å²) in [5, 5.41) is 0. The summed E-state index contributed by atoms with van der Waals surface area (Å²) in [6.07, 6.45) is 0.359. The smallest absolute Gasteiger partial charge is 0.309 e. The molecule has 0 unspecified atom stereocenters. The van der Waals surface area contributed by atoms with Gasteiger partial charge in [-0.25, -0.2) is 0 Å². The average Bonchev–Trinajstić information content (AvgIpc) is 2.30. The Balaban J connectivity index is 0.00000289. The molecule has 4 nitrogen and oxygen atoms in total. The van der Waals surface area contributed by atoms with E-state index in [0.29, 0.717) is 6.54 Å². The first-order chi connectivity index (χ1) is 8.06. The van der Waals surface area contributed by atoms with Crippen LogP contribution < -0.4 is 10.5 Å². The van der Waals surface area contributed by atoms with Gasteiger partial charge < -0.3 is 15.2 Å². The lowest BCUT2D eigenvalue weighted by atomic mass is 10.1. The maximum absolute atomic E-state index is 11.2. The van der Waals surface area contributed by atoms with Crippen LogP contribution in [0.1, 0.15) is 25.0 Å². The molecule has 0 saturated heterocycles. The largest absolute Gasteiger partial charge is 0.491 e. The summed E-state index contributed by atoms with van der Waals surface area (Å²) >= 11 is 0. The second-order valence-electron chi connectivity index (χ2n) is 4.07. The Bertz CT molecular complexity index is 394. The molecule has 0 amide bonds. The fourth-order valence-corrected chi connectivity index (χ4v) is 1.51. The number of ether oxygens (including phenoxy) is 2. The summed E-state index contributed by atoms with van der Waals surface area (Å²) < 4.78 is 10.2. The van der Waals surface area contributed by atoms with Crippen molar-refractivity contribution in [3.8, 4) is 5.75 Å². The van der Waals surface area contributed by atoms with E-state index in [1.54, 1.807) is 0 Å². The molecule has 0 aliphatic heterocycles. The van der Waals surface area contributed by atoms with Crippen molar-refractivity contribution in [2.24, 2.45) is 5.73 Å². The summed E-state index contributed by atoms with van der Waals surface area (Å²) in [7, 11) is 1.38. The number of carbonyl (C=O) groups is 1. The van der Waals surface area contributed by atoms with Gasteiger partial charge in [-0.3, -0.25) is 4.79 Å². The molecule has 18 heavy (non-hydrogen) atoms. The van der Waals surface area contributed by atoms with Crippen LogP contribution in [0.15, 0.2) is 18.2 Å². The van der Waals surface area contributed by atoms with Crippen molar-refractivity contribution in [3.63, 3.8) is 0 Å². The van der Waals surface area contributed by atoms with Crippen molar-refractivity contribution in [2.75, 3.05) is 7.11 Å². The first-order valence-electron chi connectivity index (χ1n) is 5.62. The van der Waals surface area contributed by atoms with Gasteiger partial charge in [-0.2, -0.15) is 0 Å². The predicted octanol–water partition coefficient (Wildman–Crippen LogP) is 2.07. The molecule has 2 N–H and O–H groups in total. The van der Waals surface area contributed by atoms with E-state index in [4.69, 9.17) is 10.5 Å². The van der Waals surface area contributed by atoms with Crippen LogP contribution in [-0.2, 0) is 22.5 Å². The number of esters is 1. The summed E-state index contributed by atoms with van der Waals surface area (Å²) in [4.78, 5) is 11.2. The van der Waals surface area contributed by atoms with Crippen LogP contribution in [-0.4, -0.2) is 19.2 Å². The number of halogens is 1. The van der Waals surface area contributed by atoms with Gasteiger partial charge in [0.15, 0.2) is 0 Å². The Labute approximate surface area is 114 Å². The standard InChI is InChI=1S/C13H19NO3.ClH/c1-9(2)17-12-5-4-10(6-11(12)8-14)7-13(15)16-3;/h4-6,9H,7-8,14H2,1-3H3;1H. The van der Waals surface area contributed by atoms with E-state index in [9.17, 15) is 4.79 Å². The lowest BCUT2D eigenvalue weighted by molar-refractivity contribution is -0.139. The van der Waals surface area contributed by atoms with Gasteiger partial charge in [0.1, 0.15) is 5.75 Å². The molecule has 1 rings (SSSR count). The normalized spacial score (nSPS) is 9.83. The lowest BCUT2D eigenvalue weighted by Gasteiger charge is -2.14. The number of hydrogen-bond acceptors (Lipinski definition) is 4. The van der Waals surface area contributed by atoms with Gasteiger partial charge >= 0.3 is 5.97 Å². The lowest BCUT2D eigenvalue weighted by Crippen LogP contribution is -2.10. The Hall–Kier alpha value is -1.26. The molecule has 0 spiro atoms. The van der Waals surface area contributed by atoms with Crippen LogP contribution in [0.4, 0.5) is 0 Å². The minimum Gasteiger partial charge on any atom is -0.491 e. The summed E-state index contributed by atoms with van der Waals surface area (Å²) in [5.41, 5.74) is 7.45. The second-order valence-corrected chi connectivity index (χ2v) is 4.07. The van der Waals surface area contributed by atoms with Gasteiger partial charge in [0.25, 0.3) is 0 Å². The van der Waals surface area contributed by atoms with Crippen molar-refractivity contribution < 1.29 is 14.3 Å². The zero-order valence-electron chi connectivity index (χ0n) is 10.9. The van der Waals surface area contributed by atoms with Crippen molar-refractivity contribution in [1.82, 2.24) is 0 Å². The van der Waals surface area contributed by atoms with E-state index < -0.39 is 0 Å². The van der Waals surface area contributed by atoms with Gasteiger partial charge in [-0.05, 0) is 25.5 Å². The minimum absolute atomic E-state index is 0. The molecule has 0 radical (unpaired) electrons. The fraction of sp³-hybridized carbons (Fsp3) is 0.462. The van der Waals surface area contributed by atoms with E-state index in [1.165, 1.54) is 7.11 Å². The first-order valence-corrected chi connectivity index (χ1v) is 5.62. The third-order valence-electron chi connectivity index (χ3n) is 2.28. The van der Waals surface area contributed by atoms with E-state index in [0.717, 1.165) is 16.9 Å². The van der Waals surface area contributed by atoms with Crippen LogP contribution in [0.25, 0.3) is 0 Å². The number of nitrogens with two attached hydrogens (primary N) is 1. The maximum atomic E-state index is 11.2. The summed E-state index contributed by atoms with van der Waals surface area (Å²) in [5.74, 6) is 0.515. The molecule has 0 heterocycles. The molecule has 1 aromatic rings. The topological polar surface area (TPSA) is 61.5 Å². The van der Waals surface area contributed by atoms with Gasteiger partial charge in [0, 0.05) is 12.1 Å². The molecule has 0 aliphatic rings. The molecular weight excluding hydrogens is 254 g/mol. The molecule has 0 atom stereocenters. The molecule has 0 aliphatic carbocycles. The maximum Gasteiger partial charge on any atom is 0.309 e. The highest BCUT2D eigenvalue weighted by atomic mass is 35.5. The van der Waals surface area contributed by atoms with Gasteiger partial charge in [0.2, 0.25) is 0 Å². The second kappa shape index (κ2) is 7.95. The predicted molar refractivity (Wildman–Crippen MR) is 73.1 cm³/mol. The Morgan fingerprint density at radius 1 is 1.39 bits per heavy atom. The van der Waals surface area contributed by atoms with Crippen LogP contribution >= 0.6 is 12.4 Å². The SMILES string of the molecule is COC(=O)Cc1ccc(OC(C)C)c(CN)c1.Cl. The van der Waals surface area contributed by atoms with Crippen LogP contribution in [0, 0.1) is 0 Å². The highest BCUT2D eigenvalue weighted by Crippen LogP contribution is 2.21. The molecule has 0 fully saturated rings. The van der Waals surface area contributed by atoms with E-state index in [1.807, 2.05) is 32.0 Å². The minimum atomic E-state index is -0.259. The van der Waals surface area contributed by atoms with E-state index >= 15 is 0 Å². The van der Waals surface area contributed by atoms with Gasteiger partial charge in [0.05, 0.1) is 19.6 Å². The highest BCUT2D eigenvalue weighted by Gasteiger charge is 2.08. The van der Waals surface area contributed by atoms with Crippen molar-refractivity contribution in [1.29, 1.82) is 0 Å². The van der Waals surface area contributed by atoms with Crippen molar-refractivity contribution in [2.45, 2.75) is 32.9 Å². The zero-order valence-corrected chi connectivity index (χ0v) is 11.8. The number of hydrogen-bond donors (Lipinski definition) is 1. The number of methoxy groups -OCH3 is 1. The summed E-state index contributed by atoms with van der Waals surface area (Å²) in [6, 6.07) is 5.59. The van der Waals surface area contributed by atoms with Gasteiger partial charge in [-0.1, -0.05) is 12.1 Å². The Kier molecular flexibility index (Phi) is 7.39. The Morgan fingerprint density at radius 2 is 2.06 bits per heavy atom. The molecule has 0 aromatic heterocycles. The van der Waals surface area contributed by atoms with Crippen LogP contribution in [0.5, 0.6) is 5.75 Å². The summed E-state index contributed by atoms with van der Waals surface area (Å²) in [6.45, 7) is 4.31. The molecular formula is C13H20ClNO3. The third-order valence-corrected chi connectivity index (χ3v) is 2.28. The average molecular weight is 274 g/mol. The van der Waals surface area contributed by atoms with Crippen LogP contribution in [0.3, 0.4) is 0 Å². The molecule has 0 saturated carbocycles. The molecule has 5 heteroatoms. The van der Waals surface area contributed by atoms with Crippen molar-refractivity contribution >= 4 is 18.4 Å². The third kappa shape index (κ3) is 4.94. The van der Waals surface area contributed by atoms with E-state index in [2.05, 4.69) is 4.74 Å². The molecule has 0 bridgehead atoms. The van der Waals surface area contributed by atoms with Crippen LogP contribution in [0.2, 0.25) is 0 Å². The van der Waals surface area contributed by atoms with E-state index in [-0.39, 0.29) is 30.9 Å². The Morgan fingerprint density at radius 3 is 2.56 bits per heavy atom. The number of carbonyl (C=O) groups excluding carboxylic acids is 1. The zero-order chi connectivity index (χ0) is 12.8. The molecule has 1 aromatic carbocycles. The molecule has 102 valence electrons. The quantitative estimate of drug-likeness (QED) is 0.835. The number of rotatable bonds is 5. The monoisotopic (exact) mass is 273 g/mol. The highest BCUT2D eigenvalue weighted by molar-refractivity contribution is 5.85. The number of benzene rings is 1. The first kappa shape index (κ1) is 16.7. The van der Waals surface area contributed by atoms with Gasteiger partial charge in [-0.15, -0.1) is 12.4 Å². The fourth-order valence-electron chi connectivity index (χ4n) is 1.51.